The number of nitrogens with zero attached hydrogens (tertiary/aromatic N) is 1. The molecule has 0 saturated heterocycles. The van der Waals surface area contributed by atoms with E-state index in [1.165, 1.54) is 59.9 Å². The Labute approximate surface area is 217 Å². The number of aryl methyl sites for hydroxylation is 2. The van der Waals surface area contributed by atoms with Gasteiger partial charge in [0.1, 0.15) is 0 Å². The molecule has 0 saturated carbocycles. The minimum Gasteiger partial charge on any atom is -0.309 e. The first kappa shape index (κ1) is 21.6. The zero-order valence-corrected chi connectivity index (χ0v) is 21.1. The molecule has 0 heterocycles. The first-order valence-corrected chi connectivity index (χ1v) is 12.9. The van der Waals surface area contributed by atoms with Crippen molar-refractivity contribution in [2.75, 3.05) is 4.90 Å². The summed E-state index contributed by atoms with van der Waals surface area (Å²) in [6, 6.07) is 46.9. The van der Waals surface area contributed by atoms with Crippen LogP contribution in [0.3, 0.4) is 0 Å². The second-order valence-corrected chi connectivity index (χ2v) is 10.1. The van der Waals surface area contributed by atoms with Gasteiger partial charge in [0.2, 0.25) is 0 Å². The van der Waals surface area contributed by atoms with Crippen molar-refractivity contribution in [1.29, 1.82) is 0 Å². The summed E-state index contributed by atoms with van der Waals surface area (Å²) >= 11 is 0. The van der Waals surface area contributed by atoms with Crippen LogP contribution in [0.1, 0.15) is 11.1 Å². The van der Waals surface area contributed by atoms with E-state index in [1.54, 1.807) is 0 Å². The molecule has 0 N–H and O–H groups in total. The molecule has 0 aliphatic heterocycles. The SMILES string of the molecule is Cc1ccc(N(c2ccc(C)cc2)c2c3cc4ccccc4cc3cc3cc4ccccc4cc23)cc1. The number of rotatable bonds is 3. The topological polar surface area (TPSA) is 3.24 Å². The Balaban J connectivity index is 1.66. The highest BCUT2D eigenvalue weighted by molar-refractivity contribution is 6.19. The van der Waals surface area contributed by atoms with E-state index in [2.05, 4.69) is 146 Å². The molecule has 7 rings (SSSR count). The molecular formula is C36H27N. The fraction of sp³-hybridized carbons (Fsp3) is 0.0556. The standard InChI is InChI=1S/C36H27N/c1-24-11-15-32(16-12-24)37(33-17-13-25(2)14-18-33)36-34-22-28-9-5-3-7-26(28)19-30(34)21-31-20-27-8-4-6-10-29(27)23-35(31)36/h3-23H,1-2H3. The van der Waals surface area contributed by atoms with Crippen molar-refractivity contribution in [1.82, 2.24) is 0 Å². The lowest BCUT2D eigenvalue weighted by molar-refractivity contribution is 1.29. The lowest BCUT2D eigenvalue weighted by Crippen LogP contribution is -2.11. The van der Waals surface area contributed by atoms with E-state index in [0.29, 0.717) is 0 Å². The van der Waals surface area contributed by atoms with Crippen LogP contribution in [0.5, 0.6) is 0 Å². The maximum absolute atomic E-state index is 2.44. The molecule has 0 atom stereocenters. The minimum absolute atomic E-state index is 1.16. The molecule has 0 spiro atoms. The predicted molar refractivity (Wildman–Crippen MR) is 161 cm³/mol. The Morgan fingerprint density at radius 3 is 1.14 bits per heavy atom. The Morgan fingerprint density at radius 2 is 0.730 bits per heavy atom. The van der Waals surface area contributed by atoms with Crippen LogP contribution < -0.4 is 4.90 Å². The molecule has 0 aliphatic carbocycles. The number of hydrogen-bond acceptors (Lipinski definition) is 1. The van der Waals surface area contributed by atoms with Crippen LogP contribution in [0.15, 0.2) is 127 Å². The molecule has 0 unspecified atom stereocenters. The highest BCUT2D eigenvalue weighted by Crippen LogP contribution is 2.45. The summed E-state index contributed by atoms with van der Waals surface area (Å²) in [6.45, 7) is 4.29. The Morgan fingerprint density at radius 1 is 0.378 bits per heavy atom. The highest BCUT2D eigenvalue weighted by atomic mass is 15.1. The molecular weight excluding hydrogens is 446 g/mol. The van der Waals surface area contributed by atoms with Crippen LogP contribution in [0, 0.1) is 13.8 Å². The van der Waals surface area contributed by atoms with Gasteiger partial charge in [-0.3, -0.25) is 0 Å². The smallest absolute Gasteiger partial charge is 0.0618 e. The van der Waals surface area contributed by atoms with Crippen molar-refractivity contribution >= 4 is 60.2 Å². The van der Waals surface area contributed by atoms with Gasteiger partial charge in [-0.1, -0.05) is 83.9 Å². The van der Waals surface area contributed by atoms with Gasteiger partial charge in [-0.15, -0.1) is 0 Å². The molecule has 0 fully saturated rings. The van der Waals surface area contributed by atoms with Crippen molar-refractivity contribution in [3.63, 3.8) is 0 Å². The monoisotopic (exact) mass is 473 g/mol. The Hall–Kier alpha value is -4.62. The van der Waals surface area contributed by atoms with Crippen molar-refractivity contribution in [3.05, 3.63) is 139 Å². The summed E-state index contributed by atoms with van der Waals surface area (Å²) in [5, 5.41) is 10.0. The van der Waals surface area contributed by atoms with Crippen molar-refractivity contribution < 1.29 is 0 Å². The third-order valence-corrected chi connectivity index (χ3v) is 7.46. The second-order valence-electron chi connectivity index (χ2n) is 10.1. The average molecular weight is 474 g/mol. The van der Waals surface area contributed by atoms with E-state index in [-0.39, 0.29) is 0 Å². The van der Waals surface area contributed by atoms with E-state index >= 15 is 0 Å². The van der Waals surface area contributed by atoms with Crippen LogP contribution in [0.25, 0.3) is 43.1 Å². The first-order chi connectivity index (χ1) is 18.1. The van der Waals surface area contributed by atoms with Gasteiger partial charge in [0.05, 0.1) is 5.69 Å². The van der Waals surface area contributed by atoms with Gasteiger partial charge in [-0.25, -0.2) is 0 Å². The van der Waals surface area contributed by atoms with Gasteiger partial charge in [-0.2, -0.15) is 0 Å². The first-order valence-electron chi connectivity index (χ1n) is 12.9. The Kier molecular flexibility index (Phi) is 4.97. The number of fused-ring (bicyclic) bond motifs is 4. The maximum atomic E-state index is 2.44. The zero-order chi connectivity index (χ0) is 24.9. The van der Waals surface area contributed by atoms with Crippen LogP contribution in [0.2, 0.25) is 0 Å². The molecule has 0 bridgehead atoms. The van der Waals surface area contributed by atoms with Gasteiger partial charge in [0.15, 0.2) is 0 Å². The third kappa shape index (κ3) is 3.72. The molecule has 7 aromatic carbocycles. The average Bonchev–Trinajstić information content (AvgIpc) is 2.92. The summed E-state index contributed by atoms with van der Waals surface area (Å²) in [7, 11) is 0. The Bertz CT molecular complexity index is 1790. The molecule has 0 aromatic heterocycles. The molecule has 176 valence electrons. The van der Waals surface area contributed by atoms with Crippen molar-refractivity contribution in [2.24, 2.45) is 0 Å². The van der Waals surface area contributed by atoms with E-state index < -0.39 is 0 Å². The lowest BCUT2D eigenvalue weighted by Gasteiger charge is -2.29. The minimum atomic E-state index is 1.16. The highest BCUT2D eigenvalue weighted by Gasteiger charge is 2.20. The van der Waals surface area contributed by atoms with Gasteiger partial charge in [0, 0.05) is 22.1 Å². The second kappa shape index (κ2) is 8.50. The third-order valence-electron chi connectivity index (χ3n) is 7.46. The summed E-state index contributed by atoms with van der Waals surface area (Å²) in [6.07, 6.45) is 0. The lowest BCUT2D eigenvalue weighted by atomic mass is 9.94. The number of anilines is 3. The van der Waals surface area contributed by atoms with E-state index in [9.17, 15) is 0 Å². The van der Waals surface area contributed by atoms with E-state index in [4.69, 9.17) is 0 Å². The summed E-state index contributed by atoms with van der Waals surface area (Å²) in [4.78, 5) is 2.44. The van der Waals surface area contributed by atoms with E-state index in [1.807, 2.05) is 0 Å². The van der Waals surface area contributed by atoms with E-state index in [0.717, 1.165) is 11.4 Å². The number of benzene rings is 7. The molecule has 0 amide bonds. The van der Waals surface area contributed by atoms with Crippen LogP contribution in [-0.2, 0) is 0 Å². The molecule has 0 radical (unpaired) electrons. The number of hydrogen-bond donors (Lipinski definition) is 0. The fourth-order valence-electron chi connectivity index (χ4n) is 5.51. The normalized spacial score (nSPS) is 11.5. The zero-order valence-electron chi connectivity index (χ0n) is 21.1. The molecule has 1 nitrogen and oxygen atoms in total. The summed E-state index contributed by atoms with van der Waals surface area (Å²) < 4.78 is 0. The molecule has 7 aromatic rings. The quantitative estimate of drug-likeness (QED) is 0.231. The molecule has 1 heteroatoms. The maximum Gasteiger partial charge on any atom is 0.0618 e. The molecule has 37 heavy (non-hydrogen) atoms. The summed E-state index contributed by atoms with van der Waals surface area (Å²) in [5.41, 5.74) is 6.05. The molecule has 0 aliphatic rings. The predicted octanol–water partition coefficient (Wildman–Crippen LogP) is 10.4. The van der Waals surface area contributed by atoms with Crippen LogP contribution in [-0.4, -0.2) is 0 Å². The summed E-state index contributed by atoms with van der Waals surface area (Å²) in [5.74, 6) is 0. The van der Waals surface area contributed by atoms with Gasteiger partial charge in [-0.05, 0) is 101 Å². The van der Waals surface area contributed by atoms with Crippen molar-refractivity contribution in [2.45, 2.75) is 13.8 Å². The van der Waals surface area contributed by atoms with Gasteiger partial charge >= 0.3 is 0 Å². The largest absolute Gasteiger partial charge is 0.309 e. The van der Waals surface area contributed by atoms with Gasteiger partial charge < -0.3 is 4.90 Å². The van der Waals surface area contributed by atoms with Crippen LogP contribution in [0.4, 0.5) is 17.1 Å². The van der Waals surface area contributed by atoms with Crippen LogP contribution >= 0.6 is 0 Å². The fourth-order valence-corrected chi connectivity index (χ4v) is 5.51. The van der Waals surface area contributed by atoms with Crippen molar-refractivity contribution in [3.8, 4) is 0 Å². The van der Waals surface area contributed by atoms with Gasteiger partial charge in [0.25, 0.3) is 0 Å².